The molecular formula is C10H13NO4. The van der Waals surface area contributed by atoms with Crippen LogP contribution in [-0.2, 0) is 9.53 Å². The van der Waals surface area contributed by atoms with Gasteiger partial charge in [-0.2, -0.15) is 0 Å². The number of ether oxygens (including phenoxy) is 1. The van der Waals surface area contributed by atoms with Crippen molar-refractivity contribution in [3.8, 4) is 0 Å². The van der Waals surface area contributed by atoms with E-state index in [4.69, 9.17) is 0 Å². The van der Waals surface area contributed by atoms with Gasteiger partial charge in [0.15, 0.2) is 6.10 Å². The first-order chi connectivity index (χ1) is 7.07. The molecule has 2 atom stereocenters. The van der Waals surface area contributed by atoms with Crippen molar-refractivity contribution in [3.05, 3.63) is 29.6 Å². The maximum absolute atomic E-state index is 11.0. The lowest BCUT2D eigenvalue weighted by Crippen LogP contribution is -2.29. The zero-order chi connectivity index (χ0) is 11.4. The van der Waals surface area contributed by atoms with Gasteiger partial charge in [-0.25, -0.2) is 4.79 Å². The second kappa shape index (κ2) is 4.86. The van der Waals surface area contributed by atoms with Crippen molar-refractivity contribution < 1.29 is 19.7 Å². The Hall–Kier alpha value is -1.46. The number of esters is 1. The molecule has 0 aliphatic rings. The van der Waals surface area contributed by atoms with Gasteiger partial charge in [0.1, 0.15) is 6.10 Å². The second-order valence-corrected chi connectivity index (χ2v) is 3.15. The topological polar surface area (TPSA) is 79.7 Å². The van der Waals surface area contributed by atoms with E-state index in [-0.39, 0.29) is 0 Å². The van der Waals surface area contributed by atoms with E-state index in [0.29, 0.717) is 11.1 Å². The minimum atomic E-state index is -1.57. The number of hydrogen-bond acceptors (Lipinski definition) is 5. The number of carbonyl (C=O) groups is 1. The molecule has 15 heavy (non-hydrogen) atoms. The van der Waals surface area contributed by atoms with E-state index in [9.17, 15) is 15.0 Å². The highest BCUT2D eigenvalue weighted by Crippen LogP contribution is 2.20. The Bertz CT molecular complexity index is 353. The van der Waals surface area contributed by atoms with Crippen LogP contribution in [0.25, 0.3) is 0 Å². The van der Waals surface area contributed by atoms with E-state index in [1.165, 1.54) is 6.20 Å². The number of pyridine rings is 1. The number of nitrogens with zero attached hydrogens (tertiary/aromatic N) is 1. The number of methoxy groups -OCH3 is 1. The number of aryl methyl sites for hydroxylation is 1. The number of hydrogen-bond donors (Lipinski definition) is 2. The van der Waals surface area contributed by atoms with Crippen LogP contribution in [0.15, 0.2) is 18.5 Å². The standard InChI is InChI=1S/C10H13NO4/c1-6-5-11-4-3-7(6)8(12)9(13)10(14)15-2/h3-5,8-9,12-13H,1-2H3. The van der Waals surface area contributed by atoms with E-state index in [0.717, 1.165) is 7.11 Å². The highest BCUT2D eigenvalue weighted by atomic mass is 16.5. The first-order valence-corrected chi connectivity index (χ1v) is 4.42. The number of aromatic nitrogens is 1. The summed E-state index contributed by atoms with van der Waals surface area (Å²) in [7, 11) is 1.15. The number of carbonyl (C=O) groups excluding carboxylic acids is 1. The van der Waals surface area contributed by atoms with E-state index < -0.39 is 18.2 Å². The minimum absolute atomic E-state index is 0.461. The van der Waals surface area contributed by atoms with Gasteiger partial charge in [0.05, 0.1) is 7.11 Å². The third-order valence-electron chi connectivity index (χ3n) is 2.12. The summed E-state index contributed by atoms with van der Waals surface area (Å²) in [6, 6.07) is 1.55. The summed E-state index contributed by atoms with van der Waals surface area (Å²) in [4.78, 5) is 14.8. The average Bonchev–Trinajstić information content (AvgIpc) is 2.26. The molecule has 0 spiro atoms. The lowest BCUT2D eigenvalue weighted by atomic mass is 10.0. The van der Waals surface area contributed by atoms with Gasteiger partial charge < -0.3 is 14.9 Å². The van der Waals surface area contributed by atoms with Crippen molar-refractivity contribution in [2.75, 3.05) is 7.11 Å². The van der Waals surface area contributed by atoms with Crippen LogP contribution in [0, 0.1) is 6.92 Å². The summed E-state index contributed by atoms with van der Waals surface area (Å²) in [6.45, 7) is 1.73. The molecule has 82 valence electrons. The monoisotopic (exact) mass is 211 g/mol. The van der Waals surface area contributed by atoms with Gasteiger partial charge >= 0.3 is 5.97 Å². The predicted octanol–water partition coefficient (Wildman–Crippen LogP) is -0.0427. The van der Waals surface area contributed by atoms with Crippen LogP contribution in [0.4, 0.5) is 0 Å². The van der Waals surface area contributed by atoms with Gasteiger partial charge in [0, 0.05) is 12.4 Å². The lowest BCUT2D eigenvalue weighted by Gasteiger charge is -2.17. The Kier molecular flexibility index (Phi) is 3.76. The summed E-state index contributed by atoms with van der Waals surface area (Å²) in [5, 5.41) is 19.1. The van der Waals surface area contributed by atoms with Crippen molar-refractivity contribution >= 4 is 5.97 Å². The zero-order valence-corrected chi connectivity index (χ0v) is 8.54. The van der Waals surface area contributed by atoms with Crippen LogP contribution < -0.4 is 0 Å². The largest absolute Gasteiger partial charge is 0.467 e. The van der Waals surface area contributed by atoms with Crippen molar-refractivity contribution in [2.24, 2.45) is 0 Å². The first-order valence-electron chi connectivity index (χ1n) is 4.42. The highest BCUT2D eigenvalue weighted by molar-refractivity contribution is 5.75. The predicted molar refractivity (Wildman–Crippen MR) is 52.0 cm³/mol. The van der Waals surface area contributed by atoms with Gasteiger partial charge in [0.25, 0.3) is 0 Å². The Labute approximate surface area is 87.3 Å². The quantitative estimate of drug-likeness (QED) is 0.685. The minimum Gasteiger partial charge on any atom is -0.467 e. The van der Waals surface area contributed by atoms with Gasteiger partial charge in [-0.05, 0) is 24.1 Å². The third kappa shape index (κ3) is 2.51. The summed E-state index contributed by atoms with van der Waals surface area (Å²) >= 11 is 0. The van der Waals surface area contributed by atoms with Crippen LogP contribution in [0.5, 0.6) is 0 Å². The maximum atomic E-state index is 11.0. The Morgan fingerprint density at radius 2 is 2.20 bits per heavy atom. The average molecular weight is 211 g/mol. The molecule has 5 nitrogen and oxygen atoms in total. The van der Waals surface area contributed by atoms with E-state index in [2.05, 4.69) is 9.72 Å². The molecule has 0 saturated carbocycles. The fourth-order valence-electron chi connectivity index (χ4n) is 1.24. The number of aliphatic hydroxyl groups is 2. The summed E-state index contributed by atoms with van der Waals surface area (Å²) in [6.07, 6.45) is 0.162. The zero-order valence-electron chi connectivity index (χ0n) is 8.54. The van der Waals surface area contributed by atoms with E-state index >= 15 is 0 Å². The van der Waals surface area contributed by atoms with E-state index in [1.807, 2.05) is 0 Å². The third-order valence-corrected chi connectivity index (χ3v) is 2.12. The molecule has 0 amide bonds. The fourth-order valence-corrected chi connectivity index (χ4v) is 1.24. The van der Waals surface area contributed by atoms with Crippen LogP contribution in [-0.4, -0.2) is 34.4 Å². The molecule has 0 radical (unpaired) electrons. The highest BCUT2D eigenvalue weighted by Gasteiger charge is 2.27. The molecule has 1 rings (SSSR count). The van der Waals surface area contributed by atoms with Gasteiger partial charge in [0.2, 0.25) is 0 Å². The molecule has 2 N–H and O–H groups in total. The summed E-state index contributed by atoms with van der Waals surface area (Å²) in [5.41, 5.74) is 1.16. The Morgan fingerprint density at radius 1 is 1.53 bits per heavy atom. The SMILES string of the molecule is COC(=O)C(O)C(O)c1ccncc1C. The van der Waals surface area contributed by atoms with Crippen molar-refractivity contribution in [3.63, 3.8) is 0 Å². The number of aliphatic hydroxyl groups excluding tert-OH is 2. The molecular weight excluding hydrogens is 198 g/mol. The van der Waals surface area contributed by atoms with Crippen molar-refractivity contribution in [1.29, 1.82) is 0 Å². The molecule has 1 aromatic rings. The summed E-state index contributed by atoms with van der Waals surface area (Å²) in [5.74, 6) is -0.862. The fraction of sp³-hybridized carbons (Fsp3) is 0.400. The summed E-state index contributed by atoms with van der Waals surface area (Å²) < 4.78 is 4.33. The van der Waals surface area contributed by atoms with Gasteiger partial charge in [-0.3, -0.25) is 4.98 Å². The lowest BCUT2D eigenvalue weighted by molar-refractivity contribution is -0.156. The molecule has 0 saturated heterocycles. The second-order valence-electron chi connectivity index (χ2n) is 3.15. The first kappa shape index (κ1) is 11.6. The smallest absolute Gasteiger partial charge is 0.337 e. The molecule has 0 aromatic carbocycles. The molecule has 2 unspecified atom stereocenters. The molecule has 1 aromatic heterocycles. The van der Waals surface area contributed by atoms with Crippen LogP contribution in [0.3, 0.4) is 0 Å². The van der Waals surface area contributed by atoms with Crippen molar-refractivity contribution in [2.45, 2.75) is 19.1 Å². The number of rotatable bonds is 3. The molecule has 0 aliphatic heterocycles. The van der Waals surface area contributed by atoms with Gasteiger partial charge in [-0.15, -0.1) is 0 Å². The maximum Gasteiger partial charge on any atom is 0.337 e. The molecule has 0 bridgehead atoms. The Balaban J connectivity index is 2.89. The van der Waals surface area contributed by atoms with Crippen LogP contribution >= 0.6 is 0 Å². The van der Waals surface area contributed by atoms with Crippen molar-refractivity contribution in [1.82, 2.24) is 4.98 Å². The normalized spacial score (nSPS) is 14.4. The van der Waals surface area contributed by atoms with Crippen LogP contribution in [0.2, 0.25) is 0 Å². The Morgan fingerprint density at radius 3 is 2.73 bits per heavy atom. The van der Waals surface area contributed by atoms with E-state index in [1.54, 1.807) is 19.2 Å². The molecule has 5 heteroatoms. The molecule has 0 aliphatic carbocycles. The molecule has 0 fully saturated rings. The van der Waals surface area contributed by atoms with Gasteiger partial charge in [-0.1, -0.05) is 0 Å². The molecule has 1 heterocycles. The van der Waals surface area contributed by atoms with Crippen LogP contribution in [0.1, 0.15) is 17.2 Å².